The molecule has 0 fully saturated rings. The van der Waals surface area contributed by atoms with Gasteiger partial charge in [0.1, 0.15) is 0 Å². The maximum Gasteiger partial charge on any atom is 0.335 e. The van der Waals surface area contributed by atoms with E-state index in [4.69, 9.17) is 5.11 Å². The van der Waals surface area contributed by atoms with Crippen LogP contribution in [0.2, 0.25) is 0 Å². The summed E-state index contributed by atoms with van der Waals surface area (Å²) in [5.41, 5.74) is 1.36. The van der Waals surface area contributed by atoms with Crippen LogP contribution in [-0.4, -0.2) is 23.0 Å². The minimum Gasteiger partial charge on any atom is -0.478 e. The Labute approximate surface area is 117 Å². The Morgan fingerprint density at radius 3 is 2.79 bits per heavy atom. The summed E-state index contributed by atoms with van der Waals surface area (Å²) in [6, 6.07) is 11.6. The molecule has 4 heteroatoms. The van der Waals surface area contributed by atoms with Crippen LogP contribution < -0.4 is 0 Å². The average molecular weight is 275 g/mol. The van der Waals surface area contributed by atoms with E-state index in [1.807, 2.05) is 6.07 Å². The summed E-state index contributed by atoms with van der Waals surface area (Å²) < 4.78 is 0. The zero-order valence-corrected chi connectivity index (χ0v) is 11.9. The third-order valence-corrected chi connectivity index (χ3v) is 4.26. The van der Waals surface area contributed by atoms with Crippen LogP contribution >= 0.6 is 11.3 Å². The van der Waals surface area contributed by atoms with Crippen LogP contribution in [0.1, 0.15) is 33.8 Å². The summed E-state index contributed by atoms with van der Waals surface area (Å²) >= 11 is 1.74. The third kappa shape index (κ3) is 3.43. The van der Waals surface area contributed by atoms with Crippen molar-refractivity contribution in [1.29, 1.82) is 0 Å². The predicted molar refractivity (Wildman–Crippen MR) is 77.6 cm³/mol. The van der Waals surface area contributed by atoms with Gasteiger partial charge in [-0.25, -0.2) is 4.79 Å². The number of rotatable bonds is 5. The first-order valence-corrected chi connectivity index (χ1v) is 7.02. The van der Waals surface area contributed by atoms with Gasteiger partial charge in [-0.1, -0.05) is 18.2 Å². The number of benzene rings is 1. The molecule has 1 atom stereocenters. The molecule has 0 bridgehead atoms. The molecule has 0 aliphatic rings. The van der Waals surface area contributed by atoms with Crippen molar-refractivity contribution in [3.8, 4) is 0 Å². The van der Waals surface area contributed by atoms with Crippen LogP contribution in [0.15, 0.2) is 41.8 Å². The topological polar surface area (TPSA) is 40.5 Å². The van der Waals surface area contributed by atoms with Gasteiger partial charge in [0.15, 0.2) is 0 Å². The van der Waals surface area contributed by atoms with Crippen molar-refractivity contribution in [3.63, 3.8) is 0 Å². The number of carboxylic acids is 1. The second-order valence-corrected chi connectivity index (χ2v) is 5.59. The molecule has 0 saturated heterocycles. The van der Waals surface area contributed by atoms with Gasteiger partial charge >= 0.3 is 5.97 Å². The Morgan fingerprint density at radius 2 is 2.16 bits per heavy atom. The van der Waals surface area contributed by atoms with E-state index in [1.54, 1.807) is 29.5 Å². The van der Waals surface area contributed by atoms with Crippen LogP contribution in [0.4, 0.5) is 0 Å². The fraction of sp³-hybridized carbons (Fsp3) is 0.267. The lowest BCUT2D eigenvalue weighted by Gasteiger charge is -2.23. The molecular formula is C15H17NO2S. The number of carboxylic acid groups (broad SMARTS) is 1. The fourth-order valence-corrected chi connectivity index (χ4v) is 2.82. The maximum absolute atomic E-state index is 10.9. The van der Waals surface area contributed by atoms with E-state index in [0.717, 1.165) is 12.1 Å². The van der Waals surface area contributed by atoms with Gasteiger partial charge in [-0.05, 0) is 43.1 Å². The van der Waals surface area contributed by atoms with Crippen LogP contribution in [0.25, 0.3) is 0 Å². The molecular weight excluding hydrogens is 258 g/mol. The molecule has 1 unspecified atom stereocenters. The zero-order chi connectivity index (χ0) is 13.8. The van der Waals surface area contributed by atoms with Crippen molar-refractivity contribution in [2.24, 2.45) is 0 Å². The van der Waals surface area contributed by atoms with E-state index >= 15 is 0 Å². The average Bonchev–Trinajstić information content (AvgIpc) is 2.92. The van der Waals surface area contributed by atoms with Gasteiger partial charge in [-0.15, -0.1) is 11.3 Å². The van der Waals surface area contributed by atoms with Gasteiger partial charge < -0.3 is 5.11 Å². The summed E-state index contributed by atoms with van der Waals surface area (Å²) in [6.07, 6.45) is 0. The summed E-state index contributed by atoms with van der Waals surface area (Å²) in [5, 5.41) is 11.1. The number of nitrogens with zero attached hydrogens (tertiary/aromatic N) is 1. The van der Waals surface area contributed by atoms with E-state index in [0.29, 0.717) is 11.6 Å². The molecule has 0 aliphatic carbocycles. The highest BCUT2D eigenvalue weighted by Gasteiger charge is 2.13. The SMILES string of the molecule is CC(c1cccs1)N(C)Cc1cccc(C(=O)O)c1. The Balaban J connectivity index is 2.08. The van der Waals surface area contributed by atoms with Crippen molar-refractivity contribution in [3.05, 3.63) is 57.8 Å². The molecule has 1 aromatic carbocycles. The molecule has 1 aromatic heterocycles. The molecule has 2 rings (SSSR count). The molecule has 0 saturated carbocycles. The molecule has 1 heterocycles. The molecule has 0 radical (unpaired) electrons. The summed E-state index contributed by atoms with van der Waals surface area (Å²) in [7, 11) is 2.05. The summed E-state index contributed by atoms with van der Waals surface area (Å²) in [6.45, 7) is 2.90. The van der Waals surface area contributed by atoms with E-state index in [9.17, 15) is 4.79 Å². The highest BCUT2D eigenvalue weighted by atomic mass is 32.1. The van der Waals surface area contributed by atoms with Crippen LogP contribution in [0.5, 0.6) is 0 Å². The highest BCUT2D eigenvalue weighted by Crippen LogP contribution is 2.24. The lowest BCUT2D eigenvalue weighted by atomic mass is 10.1. The second kappa shape index (κ2) is 5.99. The van der Waals surface area contributed by atoms with Crippen LogP contribution in [0.3, 0.4) is 0 Å². The molecule has 19 heavy (non-hydrogen) atoms. The van der Waals surface area contributed by atoms with E-state index < -0.39 is 5.97 Å². The smallest absolute Gasteiger partial charge is 0.335 e. The molecule has 0 aliphatic heterocycles. The predicted octanol–water partition coefficient (Wildman–Crippen LogP) is 3.64. The van der Waals surface area contributed by atoms with E-state index in [2.05, 4.69) is 36.4 Å². The van der Waals surface area contributed by atoms with Gasteiger partial charge in [-0.3, -0.25) is 4.90 Å². The molecule has 1 N–H and O–H groups in total. The molecule has 2 aromatic rings. The molecule has 0 spiro atoms. The standard InChI is InChI=1S/C15H17NO2S/c1-11(14-7-4-8-19-14)16(2)10-12-5-3-6-13(9-12)15(17)18/h3-9,11H,10H2,1-2H3,(H,17,18). The summed E-state index contributed by atoms with van der Waals surface area (Å²) in [4.78, 5) is 14.5. The minimum atomic E-state index is -0.879. The maximum atomic E-state index is 10.9. The zero-order valence-electron chi connectivity index (χ0n) is 11.0. The van der Waals surface area contributed by atoms with Crippen molar-refractivity contribution in [1.82, 2.24) is 4.90 Å². The van der Waals surface area contributed by atoms with Crippen molar-refractivity contribution >= 4 is 17.3 Å². The van der Waals surface area contributed by atoms with Crippen molar-refractivity contribution < 1.29 is 9.90 Å². The second-order valence-electron chi connectivity index (χ2n) is 4.61. The lowest BCUT2D eigenvalue weighted by molar-refractivity contribution is 0.0696. The molecule has 3 nitrogen and oxygen atoms in total. The number of hydrogen-bond donors (Lipinski definition) is 1. The lowest BCUT2D eigenvalue weighted by Crippen LogP contribution is -2.21. The Hall–Kier alpha value is -1.65. The van der Waals surface area contributed by atoms with Gasteiger partial charge in [0.25, 0.3) is 0 Å². The number of carbonyl (C=O) groups is 1. The highest BCUT2D eigenvalue weighted by molar-refractivity contribution is 7.10. The van der Waals surface area contributed by atoms with Crippen LogP contribution in [0, 0.1) is 0 Å². The van der Waals surface area contributed by atoms with Gasteiger partial charge in [0, 0.05) is 17.5 Å². The fourth-order valence-electron chi connectivity index (χ4n) is 1.97. The largest absolute Gasteiger partial charge is 0.478 e. The third-order valence-electron chi connectivity index (χ3n) is 3.22. The minimum absolute atomic E-state index is 0.327. The molecule has 100 valence electrons. The normalized spacial score (nSPS) is 12.6. The monoisotopic (exact) mass is 275 g/mol. The molecule has 0 amide bonds. The van der Waals surface area contributed by atoms with E-state index in [1.165, 1.54) is 4.88 Å². The summed E-state index contributed by atoms with van der Waals surface area (Å²) in [5.74, 6) is -0.879. The van der Waals surface area contributed by atoms with Crippen LogP contribution in [-0.2, 0) is 6.54 Å². The first-order valence-electron chi connectivity index (χ1n) is 6.14. The van der Waals surface area contributed by atoms with Gasteiger partial charge in [-0.2, -0.15) is 0 Å². The first-order chi connectivity index (χ1) is 9.08. The Morgan fingerprint density at radius 1 is 1.37 bits per heavy atom. The first kappa shape index (κ1) is 13.8. The van der Waals surface area contributed by atoms with Gasteiger partial charge in [0.05, 0.1) is 5.56 Å². The Kier molecular flexibility index (Phi) is 4.35. The van der Waals surface area contributed by atoms with Crippen molar-refractivity contribution in [2.75, 3.05) is 7.05 Å². The van der Waals surface area contributed by atoms with E-state index in [-0.39, 0.29) is 0 Å². The Bertz CT molecular complexity index is 551. The van der Waals surface area contributed by atoms with Gasteiger partial charge in [0.2, 0.25) is 0 Å². The number of thiophene rings is 1. The van der Waals surface area contributed by atoms with Crippen molar-refractivity contribution in [2.45, 2.75) is 19.5 Å². The number of aromatic carboxylic acids is 1. The number of hydrogen-bond acceptors (Lipinski definition) is 3. The quantitative estimate of drug-likeness (QED) is 0.905.